The fourth-order valence-corrected chi connectivity index (χ4v) is 2.25. The van der Waals surface area contributed by atoms with Crippen molar-refractivity contribution in [2.45, 2.75) is 26.3 Å². The van der Waals surface area contributed by atoms with E-state index in [9.17, 15) is 13.2 Å². The normalized spacial score (nSPS) is 11.5. The van der Waals surface area contributed by atoms with E-state index in [1.165, 1.54) is 0 Å². The molecule has 0 aliphatic carbocycles. The molecule has 1 amide bonds. The van der Waals surface area contributed by atoms with Gasteiger partial charge in [0.25, 0.3) is 0 Å². The molecule has 0 saturated heterocycles. The highest BCUT2D eigenvalue weighted by Gasteiger charge is 2.09. The summed E-state index contributed by atoms with van der Waals surface area (Å²) in [6.07, 6.45) is 2.70. The zero-order chi connectivity index (χ0) is 15.2. The van der Waals surface area contributed by atoms with E-state index < -0.39 is 10.0 Å². The lowest BCUT2D eigenvalue weighted by molar-refractivity contribution is -0.121. The van der Waals surface area contributed by atoms with Crippen LogP contribution in [0.4, 0.5) is 0 Å². The van der Waals surface area contributed by atoms with Gasteiger partial charge in [-0.3, -0.25) is 14.5 Å². The summed E-state index contributed by atoms with van der Waals surface area (Å²) < 4.78 is 26.0. The summed E-state index contributed by atoms with van der Waals surface area (Å²) in [5, 5.41) is 9.34. The molecule has 10 heteroatoms. The number of carbonyl (C=O) groups is 1. The molecule has 1 aromatic rings. The molecule has 0 atom stereocenters. The molecule has 1 heterocycles. The molecule has 8 nitrogen and oxygen atoms in total. The second-order valence-electron chi connectivity index (χ2n) is 4.30. The molecule has 20 heavy (non-hydrogen) atoms. The van der Waals surface area contributed by atoms with Gasteiger partial charge in [-0.25, -0.2) is 13.1 Å². The highest BCUT2D eigenvalue weighted by Crippen LogP contribution is 2.01. The molecule has 0 aliphatic rings. The fraction of sp³-hybridized carbons (Fsp3) is 0.700. The molecule has 0 spiro atoms. The van der Waals surface area contributed by atoms with Gasteiger partial charge in [0.1, 0.15) is 12.4 Å². The lowest BCUT2D eigenvalue weighted by Gasteiger charge is -2.08. The highest BCUT2D eigenvalue weighted by molar-refractivity contribution is 7.88. The summed E-state index contributed by atoms with van der Waals surface area (Å²) in [7, 11) is -3.23. The predicted molar refractivity (Wildman–Crippen MR) is 77.3 cm³/mol. The molecule has 1 rings (SSSR count). The van der Waals surface area contributed by atoms with Crippen molar-refractivity contribution in [2.75, 3.05) is 19.3 Å². The van der Waals surface area contributed by atoms with E-state index in [-0.39, 0.29) is 25.5 Å². The van der Waals surface area contributed by atoms with Crippen LogP contribution >= 0.6 is 12.2 Å². The van der Waals surface area contributed by atoms with Crippen molar-refractivity contribution in [1.82, 2.24) is 24.8 Å². The molecular weight excluding hydrogens is 302 g/mol. The Morgan fingerprint density at radius 2 is 2.15 bits per heavy atom. The molecule has 1 aromatic heterocycles. The average molecular weight is 321 g/mol. The Labute approximate surface area is 123 Å². The van der Waals surface area contributed by atoms with Crippen molar-refractivity contribution in [3.8, 4) is 0 Å². The summed E-state index contributed by atoms with van der Waals surface area (Å²) in [5.74, 6) is 0.497. The first kappa shape index (κ1) is 16.8. The Morgan fingerprint density at radius 3 is 2.75 bits per heavy atom. The summed E-state index contributed by atoms with van der Waals surface area (Å²) in [4.78, 5) is 11.7. The Balaban J connectivity index is 2.47. The molecule has 0 bridgehead atoms. The summed E-state index contributed by atoms with van der Waals surface area (Å²) in [6, 6.07) is 0. The first-order chi connectivity index (χ1) is 9.33. The van der Waals surface area contributed by atoms with E-state index >= 15 is 0 Å². The van der Waals surface area contributed by atoms with Crippen molar-refractivity contribution >= 4 is 28.1 Å². The standard InChI is InChI=1S/C10H19N5O3S2/c1-3-4-8-13-14-10(19)15(8)7-9(16)11-5-6-12-20(2,17)18/h12H,3-7H2,1-2H3,(H,11,16)(H,14,19). The molecule has 3 N–H and O–H groups in total. The lowest BCUT2D eigenvalue weighted by Crippen LogP contribution is -2.36. The van der Waals surface area contributed by atoms with Crippen LogP contribution in [0.25, 0.3) is 0 Å². The molecule has 0 unspecified atom stereocenters. The molecular formula is C10H19N5O3S2. The number of amides is 1. The van der Waals surface area contributed by atoms with E-state index in [0.29, 0.717) is 4.77 Å². The zero-order valence-electron chi connectivity index (χ0n) is 11.5. The van der Waals surface area contributed by atoms with Crippen LogP contribution in [0.1, 0.15) is 19.2 Å². The topological polar surface area (TPSA) is 109 Å². The predicted octanol–water partition coefficient (Wildman–Crippen LogP) is -0.441. The maximum absolute atomic E-state index is 11.7. The number of sulfonamides is 1. The smallest absolute Gasteiger partial charge is 0.240 e. The van der Waals surface area contributed by atoms with Gasteiger partial charge >= 0.3 is 0 Å². The number of H-pyrrole nitrogens is 1. The Bertz CT molecular complexity index is 605. The number of rotatable bonds is 8. The minimum atomic E-state index is -3.23. The molecule has 0 aromatic carbocycles. The third-order valence-electron chi connectivity index (χ3n) is 2.42. The quantitative estimate of drug-likeness (QED) is 0.444. The van der Waals surface area contributed by atoms with Crippen LogP contribution in [0, 0.1) is 4.77 Å². The van der Waals surface area contributed by atoms with Crippen molar-refractivity contribution < 1.29 is 13.2 Å². The van der Waals surface area contributed by atoms with Gasteiger partial charge in [0.05, 0.1) is 6.26 Å². The third kappa shape index (κ3) is 5.80. The number of hydrogen-bond acceptors (Lipinski definition) is 5. The largest absolute Gasteiger partial charge is 0.353 e. The van der Waals surface area contributed by atoms with Crippen molar-refractivity contribution in [3.05, 3.63) is 10.6 Å². The number of aryl methyl sites for hydroxylation is 1. The first-order valence-electron chi connectivity index (χ1n) is 6.19. The number of carbonyl (C=O) groups excluding carboxylic acids is 1. The molecule has 0 fully saturated rings. The highest BCUT2D eigenvalue weighted by atomic mass is 32.2. The summed E-state index contributed by atoms with van der Waals surface area (Å²) in [5.41, 5.74) is 0. The number of nitrogens with one attached hydrogen (secondary N) is 3. The van der Waals surface area contributed by atoms with Gasteiger partial charge in [-0.1, -0.05) is 6.92 Å². The summed E-state index contributed by atoms with van der Waals surface area (Å²) in [6.45, 7) is 2.46. The Hall–Kier alpha value is -1.26. The van der Waals surface area contributed by atoms with Crippen LogP contribution in [0.5, 0.6) is 0 Å². The van der Waals surface area contributed by atoms with E-state index in [1.54, 1.807) is 4.57 Å². The van der Waals surface area contributed by atoms with Crippen LogP contribution < -0.4 is 10.0 Å². The Morgan fingerprint density at radius 1 is 1.45 bits per heavy atom. The Kier molecular flexibility index (Phi) is 6.30. The van der Waals surface area contributed by atoms with Crippen molar-refractivity contribution in [2.24, 2.45) is 0 Å². The molecule has 114 valence electrons. The van der Waals surface area contributed by atoms with E-state index in [2.05, 4.69) is 20.2 Å². The zero-order valence-corrected chi connectivity index (χ0v) is 13.1. The van der Waals surface area contributed by atoms with Crippen LogP contribution in [0.2, 0.25) is 0 Å². The summed E-state index contributed by atoms with van der Waals surface area (Å²) >= 11 is 5.06. The number of hydrogen-bond donors (Lipinski definition) is 3. The van der Waals surface area contributed by atoms with Gasteiger partial charge in [0.15, 0.2) is 4.77 Å². The van der Waals surface area contributed by atoms with Gasteiger partial charge in [0, 0.05) is 19.5 Å². The van der Waals surface area contributed by atoms with E-state index in [0.717, 1.165) is 24.9 Å². The number of aromatic amines is 1. The van der Waals surface area contributed by atoms with Crippen LogP contribution in [-0.4, -0.2) is 48.4 Å². The molecule has 0 radical (unpaired) electrons. The SMILES string of the molecule is CCCc1n[nH]c(=S)n1CC(=O)NCCNS(C)(=O)=O. The van der Waals surface area contributed by atoms with Gasteiger partial charge in [0.2, 0.25) is 15.9 Å². The second-order valence-corrected chi connectivity index (χ2v) is 6.52. The van der Waals surface area contributed by atoms with Gasteiger partial charge in [-0.2, -0.15) is 5.10 Å². The van der Waals surface area contributed by atoms with Gasteiger partial charge < -0.3 is 5.32 Å². The minimum Gasteiger partial charge on any atom is -0.353 e. The maximum Gasteiger partial charge on any atom is 0.240 e. The minimum absolute atomic E-state index is 0.0730. The maximum atomic E-state index is 11.7. The average Bonchev–Trinajstić information content (AvgIpc) is 2.67. The first-order valence-corrected chi connectivity index (χ1v) is 8.49. The number of aromatic nitrogens is 3. The molecule has 0 aliphatic heterocycles. The number of nitrogens with zero attached hydrogens (tertiary/aromatic N) is 2. The second kappa shape index (κ2) is 7.50. The lowest BCUT2D eigenvalue weighted by atomic mass is 10.3. The van der Waals surface area contributed by atoms with Crippen molar-refractivity contribution in [1.29, 1.82) is 0 Å². The van der Waals surface area contributed by atoms with Crippen LogP contribution in [0.3, 0.4) is 0 Å². The van der Waals surface area contributed by atoms with Crippen LogP contribution in [0.15, 0.2) is 0 Å². The monoisotopic (exact) mass is 321 g/mol. The molecule has 0 saturated carbocycles. The fourth-order valence-electron chi connectivity index (χ4n) is 1.57. The van der Waals surface area contributed by atoms with Crippen LogP contribution in [-0.2, 0) is 27.8 Å². The van der Waals surface area contributed by atoms with E-state index in [4.69, 9.17) is 12.2 Å². The van der Waals surface area contributed by atoms with E-state index in [1.807, 2.05) is 6.92 Å². The van der Waals surface area contributed by atoms with Gasteiger partial charge in [-0.05, 0) is 18.6 Å². The third-order valence-corrected chi connectivity index (χ3v) is 3.46. The van der Waals surface area contributed by atoms with Gasteiger partial charge in [-0.15, -0.1) is 0 Å². The van der Waals surface area contributed by atoms with Crippen molar-refractivity contribution in [3.63, 3.8) is 0 Å².